The Morgan fingerprint density at radius 3 is 2.67 bits per heavy atom. The lowest BCUT2D eigenvalue weighted by Gasteiger charge is -2.14. The molecule has 1 rings (SSSR count). The molecule has 1 aromatic carbocycles. The van der Waals surface area contributed by atoms with Crippen LogP contribution < -0.4 is 5.23 Å². The van der Waals surface area contributed by atoms with Crippen molar-refractivity contribution in [3.63, 3.8) is 0 Å². The first-order chi connectivity index (χ1) is 7.15. The lowest BCUT2D eigenvalue weighted by molar-refractivity contribution is -0.136. The van der Waals surface area contributed by atoms with Gasteiger partial charge >= 0.3 is 5.97 Å². The van der Waals surface area contributed by atoms with Gasteiger partial charge in [-0.1, -0.05) is 28.6 Å². The Morgan fingerprint density at radius 1 is 1.40 bits per heavy atom. The predicted molar refractivity (Wildman–Crippen MR) is 49.1 cm³/mol. The molecule has 0 fully saturated rings. The van der Waals surface area contributed by atoms with Crippen molar-refractivity contribution >= 4 is 11.7 Å². The number of aliphatic hydroxyl groups excluding tert-OH is 1. The van der Waals surface area contributed by atoms with Crippen molar-refractivity contribution in [1.82, 2.24) is 0 Å². The maximum atomic E-state index is 11.2. The number of hydrogen-bond donors (Lipinski definition) is 2. The molecule has 15 heavy (non-hydrogen) atoms. The van der Waals surface area contributed by atoms with Crippen LogP contribution in [-0.2, 0) is 21.3 Å². The van der Waals surface area contributed by atoms with Gasteiger partial charge in [-0.25, -0.2) is 4.84 Å². The fourth-order valence-corrected chi connectivity index (χ4v) is 1.12. The SMILES string of the molecule is [O]N(OCO)c1ccccc1CC(=O)O. The molecule has 0 spiro atoms. The number of aliphatic hydroxyl groups is 1. The number of anilines is 1. The summed E-state index contributed by atoms with van der Waals surface area (Å²) in [6.07, 6.45) is -0.274. The Kier molecular flexibility index (Phi) is 4.04. The normalized spacial score (nSPS) is 10.0. The first kappa shape index (κ1) is 11.4. The van der Waals surface area contributed by atoms with Crippen LogP contribution in [-0.4, -0.2) is 23.0 Å². The van der Waals surface area contributed by atoms with Crippen LogP contribution in [0.2, 0.25) is 0 Å². The first-order valence-corrected chi connectivity index (χ1v) is 4.16. The number of carbonyl (C=O) groups is 1. The molecule has 0 saturated carbocycles. The summed E-state index contributed by atoms with van der Waals surface area (Å²) in [5.41, 5.74) is 0.405. The third-order valence-electron chi connectivity index (χ3n) is 1.70. The van der Waals surface area contributed by atoms with E-state index in [2.05, 4.69) is 4.84 Å². The molecule has 6 nitrogen and oxygen atoms in total. The standard InChI is InChI=1S/C9H10NO5/c11-6-15-10(14)8-4-2-1-3-7(8)5-9(12)13/h1-4,11H,5-6H2,(H,12,13). The molecular weight excluding hydrogens is 202 g/mol. The zero-order valence-corrected chi connectivity index (χ0v) is 7.79. The van der Waals surface area contributed by atoms with Crippen LogP contribution in [0.4, 0.5) is 5.69 Å². The molecule has 6 heteroatoms. The van der Waals surface area contributed by atoms with Gasteiger partial charge in [0, 0.05) is 0 Å². The third kappa shape index (κ3) is 3.21. The largest absolute Gasteiger partial charge is 0.481 e. The van der Waals surface area contributed by atoms with E-state index in [0.29, 0.717) is 5.56 Å². The van der Waals surface area contributed by atoms with E-state index >= 15 is 0 Å². The van der Waals surface area contributed by atoms with Crippen LogP contribution >= 0.6 is 0 Å². The predicted octanol–water partition coefficient (Wildman–Crippen LogP) is 0.347. The second-order valence-electron chi connectivity index (χ2n) is 2.71. The lowest BCUT2D eigenvalue weighted by Crippen LogP contribution is -2.19. The van der Waals surface area contributed by atoms with Gasteiger partial charge in [0.25, 0.3) is 0 Å². The number of aliphatic carboxylic acids is 1. The van der Waals surface area contributed by atoms with E-state index in [0.717, 1.165) is 0 Å². The topological polar surface area (TPSA) is 89.9 Å². The Balaban J connectivity index is 2.89. The van der Waals surface area contributed by atoms with Gasteiger partial charge in [-0.2, -0.15) is 0 Å². The molecule has 0 unspecified atom stereocenters. The minimum atomic E-state index is -1.04. The maximum absolute atomic E-state index is 11.2. The number of nitrogens with zero attached hydrogens (tertiary/aromatic N) is 1. The fourth-order valence-electron chi connectivity index (χ4n) is 1.12. The van der Waals surface area contributed by atoms with Gasteiger partial charge in [-0.3, -0.25) is 4.79 Å². The Morgan fingerprint density at radius 2 is 2.07 bits per heavy atom. The highest BCUT2D eigenvalue weighted by molar-refractivity contribution is 5.73. The van der Waals surface area contributed by atoms with E-state index in [1.165, 1.54) is 12.1 Å². The highest BCUT2D eigenvalue weighted by atomic mass is 16.9. The van der Waals surface area contributed by atoms with Gasteiger partial charge in [0.2, 0.25) is 0 Å². The number of para-hydroxylation sites is 1. The Bertz CT molecular complexity index is 341. The van der Waals surface area contributed by atoms with Crippen LogP contribution in [0.15, 0.2) is 24.3 Å². The first-order valence-electron chi connectivity index (χ1n) is 4.16. The van der Waals surface area contributed by atoms with Crippen molar-refractivity contribution in [2.75, 3.05) is 12.0 Å². The summed E-state index contributed by atoms with van der Waals surface area (Å²) in [7, 11) is 0. The van der Waals surface area contributed by atoms with Crippen molar-refractivity contribution in [1.29, 1.82) is 0 Å². The van der Waals surface area contributed by atoms with Crippen LogP contribution in [0, 0.1) is 0 Å². The second kappa shape index (κ2) is 5.30. The van der Waals surface area contributed by atoms with Crippen molar-refractivity contribution in [3.05, 3.63) is 29.8 Å². The molecule has 81 valence electrons. The highest BCUT2D eigenvalue weighted by Gasteiger charge is 2.12. The zero-order chi connectivity index (χ0) is 11.3. The molecule has 0 aliphatic rings. The van der Waals surface area contributed by atoms with Gasteiger partial charge in [-0.05, 0) is 11.6 Å². The van der Waals surface area contributed by atoms with Gasteiger partial charge < -0.3 is 10.2 Å². The Hall–Kier alpha value is -1.63. The van der Waals surface area contributed by atoms with E-state index in [9.17, 15) is 10.0 Å². The molecule has 0 atom stereocenters. The zero-order valence-electron chi connectivity index (χ0n) is 7.79. The van der Waals surface area contributed by atoms with E-state index in [1.54, 1.807) is 12.1 Å². The molecular formula is C9H10NO5. The second-order valence-corrected chi connectivity index (χ2v) is 2.71. The number of carboxylic acids is 1. The minimum Gasteiger partial charge on any atom is -0.481 e. The summed E-state index contributed by atoms with van der Waals surface area (Å²) in [5.74, 6) is -1.04. The summed E-state index contributed by atoms with van der Waals surface area (Å²) in [6.45, 7) is -0.759. The average molecular weight is 212 g/mol. The van der Waals surface area contributed by atoms with Gasteiger partial charge in [0.15, 0.2) is 6.79 Å². The maximum Gasteiger partial charge on any atom is 0.307 e. The molecule has 0 aliphatic carbocycles. The van der Waals surface area contributed by atoms with Gasteiger partial charge in [0.1, 0.15) is 5.69 Å². The number of hydrogen-bond acceptors (Lipinski definition) is 4. The lowest BCUT2D eigenvalue weighted by atomic mass is 10.1. The monoisotopic (exact) mass is 212 g/mol. The number of rotatable bonds is 5. The summed E-state index contributed by atoms with van der Waals surface area (Å²) in [5, 5.41) is 28.3. The van der Waals surface area contributed by atoms with Crippen molar-refractivity contribution in [2.24, 2.45) is 0 Å². The van der Waals surface area contributed by atoms with Crippen molar-refractivity contribution < 1.29 is 25.1 Å². The Labute approximate surface area is 85.9 Å². The average Bonchev–Trinajstić information content (AvgIpc) is 2.18. The van der Waals surface area contributed by atoms with E-state index in [1.807, 2.05) is 0 Å². The number of benzene rings is 1. The van der Waals surface area contributed by atoms with E-state index in [4.69, 9.17) is 10.2 Å². The summed E-state index contributed by atoms with van der Waals surface area (Å²) in [6, 6.07) is 6.12. The highest BCUT2D eigenvalue weighted by Crippen LogP contribution is 2.19. The van der Waals surface area contributed by atoms with Crippen LogP contribution in [0.5, 0.6) is 0 Å². The summed E-state index contributed by atoms with van der Waals surface area (Å²) < 4.78 is 0. The fraction of sp³-hybridized carbons (Fsp3) is 0.222. The molecule has 1 radical (unpaired) electrons. The smallest absolute Gasteiger partial charge is 0.307 e. The van der Waals surface area contributed by atoms with Crippen LogP contribution in [0.25, 0.3) is 0 Å². The molecule has 2 N–H and O–H groups in total. The minimum absolute atomic E-state index is 0.0777. The van der Waals surface area contributed by atoms with Crippen molar-refractivity contribution in [2.45, 2.75) is 6.42 Å². The molecule has 0 heterocycles. The van der Waals surface area contributed by atoms with Crippen LogP contribution in [0.3, 0.4) is 0 Å². The molecule has 0 saturated heterocycles. The molecule has 1 aromatic rings. The van der Waals surface area contributed by atoms with E-state index in [-0.39, 0.29) is 17.3 Å². The summed E-state index contributed by atoms with van der Waals surface area (Å²) >= 11 is 0. The van der Waals surface area contributed by atoms with Crippen molar-refractivity contribution in [3.8, 4) is 0 Å². The molecule has 0 aliphatic heterocycles. The summed E-state index contributed by atoms with van der Waals surface area (Å²) in [4.78, 5) is 14.8. The third-order valence-corrected chi connectivity index (χ3v) is 1.70. The number of carboxylic acid groups (broad SMARTS) is 1. The van der Waals surface area contributed by atoms with Gasteiger partial charge in [-0.15, -0.1) is 0 Å². The molecule has 0 bridgehead atoms. The van der Waals surface area contributed by atoms with Gasteiger partial charge in [0.05, 0.1) is 6.42 Å². The molecule has 0 aromatic heterocycles. The molecule has 0 amide bonds. The van der Waals surface area contributed by atoms with E-state index < -0.39 is 12.8 Å². The quantitative estimate of drug-likeness (QED) is 0.542. The van der Waals surface area contributed by atoms with Crippen LogP contribution in [0.1, 0.15) is 5.56 Å².